The van der Waals surface area contributed by atoms with Crippen LogP contribution in [0.25, 0.3) is 0 Å². The summed E-state index contributed by atoms with van der Waals surface area (Å²) in [6.45, 7) is 5.31. The molecule has 0 aliphatic heterocycles. The highest BCUT2D eigenvalue weighted by atomic mass is 35.5. The summed E-state index contributed by atoms with van der Waals surface area (Å²) in [5.41, 5.74) is 2.80. The summed E-state index contributed by atoms with van der Waals surface area (Å²) in [5.74, 6) is -0.892. The minimum Gasteiger partial charge on any atom is -0.352 e. The van der Waals surface area contributed by atoms with E-state index in [4.69, 9.17) is 23.2 Å². The second-order valence-electron chi connectivity index (χ2n) is 11.0. The van der Waals surface area contributed by atoms with Gasteiger partial charge in [-0.15, -0.1) is 0 Å². The van der Waals surface area contributed by atoms with Gasteiger partial charge in [-0.3, -0.25) is 13.9 Å². The molecule has 0 radical (unpaired) electrons. The lowest BCUT2D eigenvalue weighted by atomic mass is 10.0. The first-order valence-electron chi connectivity index (χ1n) is 14.7. The molecular weight excluding hydrogens is 629 g/mol. The number of amides is 2. The molecule has 0 aliphatic carbocycles. The number of anilines is 1. The Morgan fingerprint density at radius 3 is 2.07 bits per heavy atom. The molecule has 0 saturated carbocycles. The molecule has 1 N–H and O–H groups in total. The molecule has 0 bridgehead atoms. The zero-order chi connectivity index (χ0) is 32.6. The summed E-state index contributed by atoms with van der Waals surface area (Å²) in [7, 11) is -4.27. The Morgan fingerprint density at radius 1 is 0.844 bits per heavy atom. The molecule has 4 aromatic carbocycles. The lowest BCUT2D eigenvalue weighted by Gasteiger charge is -2.34. The van der Waals surface area contributed by atoms with E-state index in [2.05, 4.69) is 5.32 Å². The van der Waals surface area contributed by atoms with Crippen molar-refractivity contribution in [2.45, 2.75) is 57.1 Å². The minimum absolute atomic E-state index is 0.00995. The van der Waals surface area contributed by atoms with Crippen LogP contribution in [0.15, 0.2) is 108 Å². The van der Waals surface area contributed by atoms with Crippen LogP contribution in [0.3, 0.4) is 0 Å². The first-order valence-corrected chi connectivity index (χ1v) is 16.9. The van der Waals surface area contributed by atoms with Gasteiger partial charge in [-0.1, -0.05) is 108 Å². The van der Waals surface area contributed by atoms with Gasteiger partial charge in [0.25, 0.3) is 10.0 Å². The summed E-state index contributed by atoms with van der Waals surface area (Å²) in [6.07, 6.45) is 0.932. The van der Waals surface area contributed by atoms with Gasteiger partial charge in [-0.25, -0.2) is 8.42 Å². The molecule has 0 spiro atoms. The van der Waals surface area contributed by atoms with E-state index in [-0.39, 0.29) is 40.5 Å². The van der Waals surface area contributed by atoms with Crippen molar-refractivity contribution in [3.63, 3.8) is 0 Å². The molecule has 4 rings (SSSR count). The zero-order valence-electron chi connectivity index (χ0n) is 25.5. The number of hydrogen-bond acceptors (Lipinski definition) is 4. The van der Waals surface area contributed by atoms with Gasteiger partial charge in [0.2, 0.25) is 11.8 Å². The highest BCUT2D eigenvalue weighted by Crippen LogP contribution is 2.33. The second-order valence-corrected chi connectivity index (χ2v) is 13.7. The Balaban J connectivity index is 1.82. The number of rotatable bonds is 13. The number of carbonyl (C=O) groups excluding carboxylic acids is 2. The summed E-state index contributed by atoms with van der Waals surface area (Å²) in [4.78, 5) is 29.9. The molecule has 4 aromatic rings. The molecule has 10 heteroatoms. The Bertz CT molecular complexity index is 1700. The third kappa shape index (κ3) is 8.87. The van der Waals surface area contributed by atoms with E-state index in [1.807, 2.05) is 75.4 Å². The summed E-state index contributed by atoms with van der Waals surface area (Å²) < 4.78 is 29.2. The van der Waals surface area contributed by atoms with E-state index in [1.54, 1.807) is 18.2 Å². The van der Waals surface area contributed by atoms with Crippen molar-refractivity contribution in [1.82, 2.24) is 10.2 Å². The number of hydrogen-bond donors (Lipinski definition) is 1. The summed E-state index contributed by atoms with van der Waals surface area (Å²) in [6, 6.07) is 28.3. The van der Waals surface area contributed by atoms with Gasteiger partial charge in [0.15, 0.2) is 0 Å². The number of nitrogens with one attached hydrogen (secondary N) is 1. The monoisotopic (exact) mass is 665 g/mol. The maximum atomic E-state index is 14.5. The van der Waals surface area contributed by atoms with E-state index < -0.39 is 28.5 Å². The first-order chi connectivity index (χ1) is 21.5. The number of aryl methyl sites for hydroxylation is 1. The number of benzene rings is 4. The van der Waals surface area contributed by atoms with Crippen molar-refractivity contribution in [1.29, 1.82) is 0 Å². The maximum Gasteiger partial charge on any atom is 0.264 e. The molecule has 7 nitrogen and oxygen atoms in total. The quantitative estimate of drug-likeness (QED) is 0.166. The van der Waals surface area contributed by atoms with Crippen molar-refractivity contribution in [3.05, 3.63) is 130 Å². The first kappa shape index (κ1) is 34.0. The van der Waals surface area contributed by atoms with Crippen LogP contribution in [-0.4, -0.2) is 43.8 Å². The molecule has 236 valence electrons. The predicted molar refractivity (Wildman–Crippen MR) is 181 cm³/mol. The van der Waals surface area contributed by atoms with Crippen LogP contribution in [-0.2, 0) is 32.6 Å². The number of nitrogens with zero attached hydrogens (tertiary/aromatic N) is 2. The maximum absolute atomic E-state index is 14.5. The largest absolute Gasteiger partial charge is 0.352 e. The average Bonchev–Trinajstić information content (AvgIpc) is 3.03. The molecule has 0 saturated heterocycles. The highest BCUT2D eigenvalue weighted by molar-refractivity contribution is 7.92. The van der Waals surface area contributed by atoms with Crippen LogP contribution < -0.4 is 9.62 Å². The zero-order valence-corrected chi connectivity index (χ0v) is 27.8. The molecular formula is C35H37Cl2N3O4S. The van der Waals surface area contributed by atoms with Gasteiger partial charge in [0, 0.05) is 24.0 Å². The average molecular weight is 667 g/mol. The van der Waals surface area contributed by atoms with E-state index in [1.165, 1.54) is 35.2 Å². The predicted octanol–water partition coefficient (Wildman–Crippen LogP) is 7.05. The lowest BCUT2D eigenvalue weighted by Crippen LogP contribution is -2.54. The number of halogens is 2. The third-order valence-electron chi connectivity index (χ3n) is 7.53. The van der Waals surface area contributed by atoms with E-state index in [9.17, 15) is 18.0 Å². The van der Waals surface area contributed by atoms with Crippen molar-refractivity contribution in [2.24, 2.45) is 0 Å². The van der Waals surface area contributed by atoms with Gasteiger partial charge in [-0.2, -0.15) is 0 Å². The number of sulfonamides is 1. The molecule has 45 heavy (non-hydrogen) atoms. The van der Waals surface area contributed by atoms with Gasteiger partial charge in [0.1, 0.15) is 12.6 Å². The number of carbonyl (C=O) groups is 2. The lowest BCUT2D eigenvalue weighted by molar-refractivity contribution is -0.140. The van der Waals surface area contributed by atoms with Gasteiger partial charge >= 0.3 is 0 Å². The molecule has 0 aliphatic rings. The molecule has 2 atom stereocenters. The molecule has 0 fully saturated rings. The standard InChI is InChI=1S/C35H37Cl2N3O4S/c1-4-26(3)38-35(42)33(21-27-11-7-5-8-12-27)39(23-28-17-15-25(2)16-18-28)34(41)24-40(32-20-19-29(36)22-31(32)37)45(43,44)30-13-9-6-10-14-30/h5-20,22,26,33H,4,21,23-24H2,1-3H3,(H,38,42)/t26-,33+/m0/s1. The van der Waals surface area contributed by atoms with E-state index >= 15 is 0 Å². The Hall–Kier alpha value is -3.85. The fraction of sp³-hybridized carbons (Fsp3) is 0.257. The van der Waals surface area contributed by atoms with Crippen LogP contribution in [0, 0.1) is 6.92 Å². The van der Waals surface area contributed by atoms with E-state index in [0.717, 1.165) is 21.0 Å². The second kappa shape index (κ2) is 15.4. The van der Waals surface area contributed by atoms with Gasteiger partial charge in [0.05, 0.1) is 15.6 Å². The van der Waals surface area contributed by atoms with Crippen molar-refractivity contribution in [3.8, 4) is 0 Å². The van der Waals surface area contributed by atoms with Gasteiger partial charge in [-0.05, 0) is 61.7 Å². The fourth-order valence-electron chi connectivity index (χ4n) is 4.80. The van der Waals surface area contributed by atoms with Crippen LogP contribution in [0.1, 0.15) is 37.0 Å². The molecule has 2 amide bonds. The van der Waals surface area contributed by atoms with Crippen LogP contribution in [0.4, 0.5) is 5.69 Å². The molecule has 0 heterocycles. The normalized spacial score (nSPS) is 12.6. The molecule has 0 aromatic heterocycles. The van der Waals surface area contributed by atoms with Crippen LogP contribution in [0.2, 0.25) is 10.0 Å². The summed E-state index contributed by atoms with van der Waals surface area (Å²) in [5, 5.41) is 3.42. The smallest absolute Gasteiger partial charge is 0.264 e. The Labute approximate surface area is 275 Å². The van der Waals surface area contributed by atoms with E-state index in [0.29, 0.717) is 11.4 Å². The third-order valence-corrected chi connectivity index (χ3v) is 9.85. The van der Waals surface area contributed by atoms with Crippen molar-refractivity contribution in [2.75, 3.05) is 10.8 Å². The topological polar surface area (TPSA) is 86.8 Å². The van der Waals surface area contributed by atoms with Crippen molar-refractivity contribution >= 4 is 50.7 Å². The minimum atomic E-state index is -4.27. The highest BCUT2D eigenvalue weighted by Gasteiger charge is 2.35. The molecule has 0 unspecified atom stereocenters. The van der Waals surface area contributed by atoms with Crippen LogP contribution in [0.5, 0.6) is 0 Å². The Kier molecular flexibility index (Phi) is 11.7. The fourth-order valence-corrected chi connectivity index (χ4v) is 6.82. The van der Waals surface area contributed by atoms with Gasteiger partial charge < -0.3 is 10.2 Å². The Morgan fingerprint density at radius 2 is 1.47 bits per heavy atom. The SMILES string of the molecule is CC[C@H](C)NC(=O)[C@@H](Cc1ccccc1)N(Cc1ccc(C)cc1)C(=O)CN(c1ccc(Cl)cc1Cl)S(=O)(=O)c1ccccc1. The summed E-state index contributed by atoms with van der Waals surface area (Å²) >= 11 is 12.7. The van der Waals surface area contributed by atoms with Crippen LogP contribution >= 0.6 is 23.2 Å². The van der Waals surface area contributed by atoms with Crippen molar-refractivity contribution < 1.29 is 18.0 Å².